The largest absolute Gasteiger partial charge is 0.474 e. The van der Waals surface area contributed by atoms with E-state index in [0.29, 0.717) is 0 Å². The first-order chi connectivity index (χ1) is 13.2. The average Bonchev–Trinajstić information content (AvgIpc) is 3.15. The molecule has 0 spiro atoms. The standard InChI is InChI=1S/C21H22ClNO4/c1-13-20(14-2-4-15(22)5-3-14)16-10-18-19(26-12-25-18)11-17(16)27-21(13)23-6-8-24-9-7-23/h2-5,10-11,13,20-21H,6-9,12H2,1H3/t13-,20-,21+/m1/s1. The van der Waals surface area contributed by atoms with Gasteiger partial charge in [-0.3, -0.25) is 4.90 Å². The molecule has 2 aromatic carbocycles. The van der Waals surface area contributed by atoms with Crippen LogP contribution in [0.5, 0.6) is 17.2 Å². The van der Waals surface area contributed by atoms with Gasteiger partial charge in [0.25, 0.3) is 0 Å². The van der Waals surface area contributed by atoms with Gasteiger partial charge in [0.2, 0.25) is 6.79 Å². The van der Waals surface area contributed by atoms with E-state index >= 15 is 0 Å². The van der Waals surface area contributed by atoms with E-state index in [0.717, 1.165) is 54.1 Å². The summed E-state index contributed by atoms with van der Waals surface area (Å²) in [5, 5.41) is 0.745. The third-order valence-corrected chi connectivity index (χ3v) is 5.95. The number of hydrogen-bond acceptors (Lipinski definition) is 5. The molecule has 0 amide bonds. The summed E-state index contributed by atoms with van der Waals surface area (Å²) in [6.07, 6.45) is -0.0116. The molecule has 2 aromatic rings. The van der Waals surface area contributed by atoms with Gasteiger partial charge in [0.15, 0.2) is 17.7 Å². The van der Waals surface area contributed by atoms with Gasteiger partial charge in [-0.25, -0.2) is 0 Å². The van der Waals surface area contributed by atoms with Gasteiger partial charge in [-0.1, -0.05) is 30.7 Å². The fourth-order valence-electron chi connectivity index (χ4n) is 4.36. The Morgan fingerprint density at radius 2 is 1.67 bits per heavy atom. The zero-order chi connectivity index (χ0) is 18.4. The lowest BCUT2D eigenvalue weighted by Gasteiger charge is -2.44. The first-order valence-corrected chi connectivity index (χ1v) is 9.76. The molecule has 6 heteroatoms. The molecule has 27 heavy (non-hydrogen) atoms. The van der Waals surface area contributed by atoms with Gasteiger partial charge in [-0.2, -0.15) is 0 Å². The topological polar surface area (TPSA) is 40.2 Å². The van der Waals surface area contributed by atoms with Crippen molar-refractivity contribution >= 4 is 11.6 Å². The van der Waals surface area contributed by atoms with Gasteiger partial charge in [-0.15, -0.1) is 0 Å². The van der Waals surface area contributed by atoms with E-state index in [2.05, 4.69) is 30.0 Å². The van der Waals surface area contributed by atoms with Crippen molar-refractivity contribution < 1.29 is 18.9 Å². The van der Waals surface area contributed by atoms with Gasteiger partial charge < -0.3 is 18.9 Å². The van der Waals surface area contributed by atoms with Gasteiger partial charge in [0.05, 0.1) is 13.2 Å². The van der Waals surface area contributed by atoms with Crippen LogP contribution in [0.4, 0.5) is 0 Å². The van der Waals surface area contributed by atoms with Crippen molar-refractivity contribution in [3.63, 3.8) is 0 Å². The quantitative estimate of drug-likeness (QED) is 0.781. The molecule has 0 unspecified atom stereocenters. The molecule has 3 aliphatic rings. The van der Waals surface area contributed by atoms with E-state index in [1.165, 1.54) is 5.56 Å². The second-order valence-corrected chi connectivity index (χ2v) is 7.72. The molecule has 0 saturated carbocycles. The van der Waals surface area contributed by atoms with Crippen molar-refractivity contribution in [2.45, 2.75) is 19.1 Å². The SMILES string of the molecule is C[C@@H]1[C@H](c2ccc(Cl)cc2)c2cc3c(cc2O[C@@H]1N1CCOCC1)OCO3. The van der Waals surface area contributed by atoms with Crippen LogP contribution in [0, 0.1) is 5.92 Å². The van der Waals surface area contributed by atoms with Crippen molar-refractivity contribution in [3.05, 3.63) is 52.5 Å². The monoisotopic (exact) mass is 387 g/mol. The number of rotatable bonds is 2. The summed E-state index contributed by atoms with van der Waals surface area (Å²) in [5.41, 5.74) is 2.37. The summed E-state index contributed by atoms with van der Waals surface area (Å²) in [5.74, 6) is 2.85. The molecule has 5 rings (SSSR count). The second kappa shape index (κ2) is 6.89. The summed E-state index contributed by atoms with van der Waals surface area (Å²) < 4.78 is 23.2. The Labute approximate surface area is 163 Å². The van der Waals surface area contributed by atoms with Crippen LogP contribution in [-0.4, -0.2) is 44.2 Å². The minimum absolute atomic E-state index is 0.0116. The number of halogens is 1. The van der Waals surface area contributed by atoms with Crippen LogP contribution >= 0.6 is 11.6 Å². The smallest absolute Gasteiger partial charge is 0.231 e. The lowest BCUT2D eigenvalue weighted by Crippen LogP contribution is -2.52. The molecular weight excluding hydrogens is 366 g/mol. The third-order valence-electron chi connectivity index (χ3n) is 5.70. The molecule has 0 bridgehead atoms. The van der Waals surface area contributed by atoms with E-state index < -0.39 is 0 Å². The highest BCUT2D eigenvalue weighted by atomic mass is 35.5. The number of fused-ring (bicyclic) bond motifs is 2. The molecule has 3 heterocycles. The maximum absolute atomic E-state index is 6.49. The van der Waals surface area contributed by atoms with E-state index in [9.17, 15) is 0 Å². The highest BCUT2D eigenvalue weighted by molar-refractivity contribution is 6.30. The zero-order valence-corrected chi connectivity index (χ0v) is 15.9. The lowest BCUT2D eigenvalue weighted by atomic mass is 9.78. The minimum atomic E-state index is -0.0116. The number of hydrogen-bond donors (Lipinski definition) is 0. The van der Waals surface area contributed by atoms with Crippen LogP contribution in [0.3, 0.4) is 0 Å². The molecule has 1 fully saturated rings. The molecule has 3 aliphatic heterocycles. The Morgan fingerprint density at radius 1 is 0.963 bits per heavy atom. The predicted molar refractivity (Wildman–Crippen MR) is 102 cm³/mol. The minimum Gasteiger partial charge on any atom is -0.474 e. The maximum Gasteiger partial charge on any atom is 0.231 e. The summed E-state index contributed by atoms with van der Waals surface area (Å²) in [7, 11) is 0. The van der Waals surface area contributed by atoms with Gasteiger partial charge in [0.1, 0.15) is 5.75 Å². The molecule has 0 radical (unpaired) electrons. The summed E-state index contributed by atoms with van der Waals surface area (Å²) in [6.45, 7) is 5.75. The van der Waals surface area contributed by atoms with Crippen LogP contribution in [0.25, 0.3) is 0 Å². The molecule has 0 aromatic heterocycles. The molecule has 142 valence electrons. The predicted octanol–water partition coefficient (Wildman–Crippen LogP) is 3.89. The molecule has 1 saturated heterocycles. The number of ether oxygens (including phenoxy) is 4. The highest BCUT2D eigenvalue weighted by Crippen LogP contribution is 2.49. The number of benzene rings is 2. The third kappa shape index (κ3) is 3.04. The Morgan fingerprint density at radius 3 is 2.41 bits per heavy atom. The maximum atomic E-state index is 6.49. The molecular formula is C21H22ClNO4. The van der Waals surface area contributed by atoms with E-state index in [1.807, 2.05) is 18.2 Å². The van der Waals surface area contributed by atoms with Gasteiger partial charge >= 0.3 is 0 Å². The van der Waals surface area contributed by atoms with Crippen molar-refractivity contribution in [2.75, 3.05) is 33.1 Å². The van der Waals surface area contributed by atoms with Crippen LogP contribution in [0.2, 0.25) is 5.02 Å². The Kier molecular flexibility index (Phi) is 4.38. The van der Waals surface area contributed by atoms with E-state index in [4.69, 9.17) is 30.5 Å². The first kappa shape index (κ1) is 17.2. The first-order valence-electron chi connectivity index (χ1n) is 9.38. The van der Waals surface area contributed by atoms with E-state index in [-0.39, 0.29) is 24.9 Å². The Balaban J connectivity index is 1.59. The van der Waals surface area contributed by atoms with Crippen LogP contribution in [0.15, 0.2) is 36.4 Å². The average molecular weight is 388 g/mol. The van der Waals surface area contributed by atoms with Crippen molar-refractivity contribution in [1.82, 2.24) is 4.90 Å². The van der Waals surface area contributed by atoms with Gasteiger partial charge in [-0.05, 0) is 23.8 Å². The van der Waals surface area contributed by atoms with Crippen molar-refractivity contribution in [3.8, 4) is 17.2 Å². The van der Waals surface area contributed by atoms with Crippen LogP contribution < -0.4 is 14.2 Å². The zero-order valence-electron chi connectivity index (χ0n) is 15.2. The van der Waals surface area contributed by atoms with E-state index in [1.54, 1.807) is 0 Å². The normalized spacial score (nSPS) is 27.1. The number of morpholine rings is 1. The van der Waals surface area contributed by atoms with Crippen molar-refractivity contribution in [2.24, 2.45) is 5.92 Å². The summed E-state index contributed by atoms with van der Waals surface area (Å²) in [4.78, 5) is 2.38. The lowest BCUT2D eigenvalue weighted by molar-refractivity contribution is -0.0784. The van der Waals surface area contributed by atoms with Gasteiger partial charge in [0, 0.05) is 41.6 Å². The van der Waals surface area contributed by atoms with Crippen molar-refractivity contribution in [1.29, 1.82) is 0 Å². The van der Waals surface area contributed by atoms with Crippen LogP contribution in [0.1, 0.15) is 24.0 Å². The fourth-order valence-corrected chi connectivity index (χ4v) is 4.49. The number of nitrogens with zero attached hydrogens (tertiary/aromatic N) is 1. The second-order valence-electron chi connectivity index (χ2n) is 7.29. The molecule has 5 nitrogen and oxygen atoms in total. The highest BCUT2D eigenvalue weighted by Gasteiger charge is 2.41. The Hall–Kier alpha value is -1.95. The fraction of sp³-hybridized carbons (Fsp3) is 0.429. The summed E-state index contributed by atoms with van der Waals surface area (Å²) >= 11 is 6.13. The molecule has 0 N–H and O–H groups in total. The Bertz CT molecular complexity index is 835. The summed E-state index contributed by atoms with van der Waals surface area (Å²) in [6, 6.07) is 12.2. The molecule has 3 atom stereocenters. The van der Waals surface area contributed by atoms with Crippen LogP contribution in [-0.2, 0) is 4.74 Å². The molecule has 0 aliphatic carbocycles.